The first kappa shape index (κ1) is 11.5. The number of ether oxygens (including phenoxy) is 1. The van der Waals surface area contributed by atoms with Gasteiger partial charge in [0.2, 0.25) is 0 Å². The van der Waals surface area contributed by atoms with E-state index in [0.29, 0.717) is 24.9 Å². The Kier molecular flexibility index (Phi) is 4.94. The summed E-state index contributed by atoms with van der Waals surface area (Å²) in [7, 11) is 0. The van der Waals surface area contributed by atoms with E-state index in [1.165, 1.54) is 0 Å². The molecule has 3 heteroatoms. The fourth-order valence-corrected chi connectivity index (χ4v) is 1.59. The minimum Gasteiger partial charge on any atom is -0.466 e. The van der Waals surface area contributed by atoms with Crippen LogP contribution in [0.1, 0.15) is 33.1 Å². The Labute approximate surface area is 86.2 Å². The molecular weight excluding hydrogens is 178 g/mol. The van der Waals surface area contributed by atoms with Crippen LogP contribution < -0.4 is 5.32 Å². The molecule has 1 aliphatic heterocycles. The Hall–Kier alpha value is -0.570. The van der Waals surface area contributed by atoms with Crippen LogP contribution in [0.2, 0.25) is 0 Å². The number of carbonyl (C=O) groups is 1. The van der Waals surface area contributed by atoms with Crippen LogP contribution in [0.3, 0.4) is 0 Å². The van der Waals surface area contributed by atoms with E-state index in [9.17, 15) is 4.79 Å². The van der Waals surface area contributed by atoms with Crippen molar-refractivity contribution >= 4 is 5.97 Å². The van der Waals surface area contributed by atoms with Gasteiger partial charge in [0.1, 0.15) is 0 Å². The van der Waals surface area contributed by atoms with Crippen LogP contribution in [0.5, 0.6) is 0 Å². The van der Waals surface area contributed by atoms with E-state index in [4.69, 9.17) is 4.74 Å². The molecule has 3 nitrogen and oxygen atoms in total. The van der Waals surface area contributed by atoms with Crippen molar-refractivity contribution in [3.05, 3.63) is 0 Å². The molecule has 0 aromatic carbocycles. The van der Waals surface area contributed by atoms with Gasteiger partial charge in [-0.05, 0) is 37.8 Å². The van der Waals surface area contributed by atoms with Crippen LogP contribution in [0.25, 0.3) is 0 Å². The van der Waals surface area contributed by atoms with Gasteiger partial charge < -0.3 is 10.1 Å². The molecule has 1 saturated heterocycles. The van der Waals surface area contributed by atoms with Crippen molar-refractivity contribution in [1.82, 2.24) is 5.32 Å². The third-order valence-corrected chi connectivity index (χ3v) is 2.58. The number of carbonyl (C=O) groups excluding carboxylic acids is 1. The molecule has 1 unspecified atom stereocenters. The number of nitrogens with one attached hydrogen (secondary N) is 1. The average Bonchev–Trinajstić information content (AvgIpc) is 2.56. The number of esters is 1. The molecular formula is C11H21NO2. The van der Waals surface area contributed by atoms with Gasteiger partial charge in [-0.15, -0.1) is 0 Å². The maximum atomic E-state index is 11.3. The molecule has 1 atom stereocenters. The maximum Gasteiger partial charge on any atom is 0.306 e. The lowest BCUT2D eigenvalue weighted by atomic mass is 10.1. The van der Waals surface area contributed by atoms with Crippen LogP contribution in [-0.4, -0.2) is 25.7 Å². The second-order valence-corrected chi connectivity index (χ2v) is 4.47. The SMILES string of the molecule is CC(C)CCOC(=O)CC1CCNC1. The average molecular weight is 199 g/mol. The largest absolute Gasteiger partial charge is 0.466 e. The van der Waals surface area contributed by atoms with Crippen LogP contribution in [0.4, 0.5) is 0 Å². The predicted molar refractivity (Wildman–Crippen MR) is 56.0 cm³/mol. The summed E-state index contributed by atoms with van der Waals surface area (Å²) in [4.78, 5) is 11.3. The van der Waals surface area contributed by atoms with E-state index in [1.54, 1.807) is 0 Å². The van der Waals surface area contributed by atoms with Crippen molar-refractivity contribution in [1.29, 1.82) is 0 Å². The minimum absolute atomic E-state index is 0.0284. The van der Waals surface area contributed by atoms with Crippen molar-refractivity contribution in [2.75, 3.05) is 19.7 Å². The van der Waals surface area contributed by atoms with E-state index in [1.807, 2.05) is 0 Å². The third kappa shape index (κ3) is 4.61. The molecule has 14 heavy (non-hydrogen) atoms. The predicted octanol–water partition coefficient (Wildman–Crippen LogP) is 1.58. The molecule has 0 amide bonds. The summed E-state index contributed by atoms with van der Waals surface area (Å²) in [5.74, 6) is 1.08. The van der Waals surface area contributed by atoms with Gasteiger partial charge in [0.25, 0.3) is 0 Å². The van der Waals surface area contributed by atoms with Gasteiger partial charge in [-0.2, -0.15) is 0 Å². The summed E-state index contributed by atoms with van der Waals surface area (Å²) in [6, 6.07) is 0. The van der Waals surface area contributed by atoms with Gasteiger partial charge in [-0.1, -0.05) is 13.8 Å². The first-order chi connectivity index (χ1) is 6.68. The van der Waals surface area contributed by atoms with Crippen LogP contribution >= 0.6 is 0 Å². The molecule has 0 bridgehead atoms. The Morgan fingerprint density at radius 3 is 2.93 bits per heavy atom. The third-order valence-electron chi connectivity index (χ3n) is 2.58. The summed E-state index contributed by atoms with van der Waals surface area (Å²) >= 11 is 0. The zero-order chi connectivity index (χ0) is 10.4. The minimum atomic E-state index is -0.0284. The normalized spacial score (nSPS) is 21.5. The number of hydrogen-bond acceptors (Lipinski definition) is 3. The van der Waals surface area contributed by atoms with Crippen molar-refractivity contribution in [3.8, 4) is 0 Å². The molecule has 0 aliphatic carbocycles. The highest BCUT2D eigenvalue weighted by Crippen LogP contribution is 2.13. The summed E-state index contributed by atoms with van der Waals surface area (Å²) in [5, 5.41) is 3.24. The van der Waals surface area contributed by atoms with Crippen molar-refractivity contribution < 1.29 is 9.53 Å². The topological polar surface area (TPSA) is 38.3 Å². The lowest BCUT2D eigenvalue weighted by molar-refractivity contribution is -0.144. The van der Waals surface area contributed by atoms with E-state index < -0.39 is 0 Å². The summed E-state index contributed by atoms with van der Waals surface area (Å²) in [5.41, 5.74) is 0. The van der Waals surface area contributed by atoms with Gasteiger partial charge in [0.05, 0.1) is 6.61 Å². The van der Waals surface area contributed by atoms with Crippen LogP contribution in [0.15, 0.2) is 0 Å². The Balaban J connectivity index is 2.03. The molecule has 0 aromatic rings. The van der Waals surface area contributed by atoms with Crippen molar-refractivity contribution in [3.63, 3.8) is 0 Å². The summed E-state index contributed by atoms with van der Waals surface area (Å²) < 4.78 is 5.15. The Morgan fingerprint density at radius 2 is 2.36 bits per heavy atom. The van der Waals surface area contributed by atoms with Gasteiger partial charge in [-0.3, -0.25) is 4.79 Å². The second kappa shape index (κ2) is 6.02. The molecule has 1 rings (SSSR count). The Morgan fingerprint density at radius 1 is 1.57 bits per heavy atom. The van der Waals surface area contributed by atoms with Gasteiger partial charge in [-0.25, -0.2) is 0 Å². The molecule has 0 aromatic heterocycles. The Bertz CT molecular complexity index is 174. The summed E-state index contributed by atoms with van der Waals surface area (Å²) in [6.07, 6.45) is 2.67. The van der Waals surface area contributed by atoms with Crippen molar-refractivity contribution in [2.45, 2.75) is 33.1 Å². The fraction of sp³-hybridized carbons (Fsp3) is 0.909. The van der Waals surface area contributed by atoms with E-state index in [-0.39, 0.29) is 5.97 Å². The maximum absolute atomic E-state index is 11.3. The molecule has 0 saturated carbocycles. The van der Waals surface area contributed by atoms with E-state index in [0.717, 1.165) is 25.9 Å². The lowest BCUT2D eigenvalue weighted by Crippen LogP contribution is -2.15. The van der Waals surface area contributed by atoms with E-state index in [2.05, 4.69) is 19.2 Å². The first-order valence-corrected chi connectivity index (χ1v) is 5.55. The molecule has 0 radical (unpaired) electrons. The van der Waals surface area contributed by atoms with Gasteiger partial charge >= 0.3 is 5.97 Å². The molecule has 1 N–H and O–H groups in total. The molecule has 1 aliphatic rings. The standard InChI is InChI=1S/C11H21NO2/c1-9(2)4-6-14-11(13)7-10-3-5-12-8-10/h9-10,12H,3-8H2,1-2H3. The molecule has 1 fully saturated rings. The quantitative estimate of drug-likeness (QED) is 0.683. The first-order valence-electron chi connectivity index (χ1n) is 5.55. The zero-order valence-corrected chi connectivity index (χ0v) is 9.21. The zero-order valence-electron chi connectivity index (χ0n) is 9.21. The second-order valence-electron chi connectivity index (χ2n) is 4.47. The highest BCUT2D eigenvalue weighted by molar-refractivity contribution is 5.69. The van der Waals surface area contributed by atoms with Crippen LogP contribution in [0, 0.1) is 11.8 Å². The smallest absolute Gasteiger partial charge is 0.306 e. The fourth-order valence-electron chi connectivity index (χ4n) is 1.59. The molecule has 1 heterocycles. The lowest BCUT2D eigenvalue weighted by Gasteiger charge is -2.09. The van der Waals surface area contributed by atoms with Crippen LogP contribution in [-0.2, 0) is 9.53 Å². The highest BCUT2D eigenvalue weighted by atomic mass is 16.5. The molecule has 82 valence electrons. The monoisotopic (exact) mass is 199 g/mol. The number of rotatable bonds is 5. The van der Waals surface area contributed by atoms with Gasteiger partial charge in [0, 0.05) is 6.42 Å². The van der Waals surface area contributed by atoms with Crippen molar-refractivity contribution in [2.24, 2.45) is 11.8 Å². The van der Waals surface area contributed by atoms with E-state index >= 15 is 0 Å². The number of hydrogen-bond donors (Lipinski definition) is 1. The van der Waals surface area contributed by atoms with Gasteiger partial charge in [0.15, 0.2) is 0 Å². The highest BCUT2D eigenvalue weighted by Gasteiger charge is 2.18. The molecule has 0 spiro atoms. The summed E-state index contributed by atoms with van der Waals surface area (Å²) in [6.45, 7) is 6.86.